The fourth-order valence-corrected chi connectivity index (χ4v) is 2.89. The zero-order valence-electron chi connectivity index (χ0n) is 12.7. The van der Waals surface area contributed by atoms with Gasteiger partial charge in [0.05, 0.1) is 21.2 Å². The monoisotopic (exact) mass is 467 g/mol. The molecule has 0 aliphatic carbocycles. The Labute approximate surface area is 160 Å². The largest absolute Gasteiger partial charge is 0.291 e. The molecule has 8 heteroatoms. The fraction of sp³-hybridized carbons (Fsp3) is 0. The van der Waals surface area contributed by atoms with Crippen molar-refractivity contribution >= 4 is 52.5 Å². The molecule has 0 aliphatic rings. The molecule has 1 N–H and O–H groups in total. The van der Waals surface area contributed by atoms with Crippen LogP contribution in [0.3, 0.4) is 0 Å². The maximum atomic E-state index is 12.7. The quantitative estimate of drug-likeness (QED) is 0.365. The number of halogens is 2. The molecule has 1 heterocycles. The Morgan fingerprint density at radius 2 is 1.92 bits per heavy atom. The van der Waals surface area contributed by atoms with E-state index in [9.17, 15) is 14.9 Å². The lowest BCUT2D eigenvalue weighted by Crippen LogP contribution is -2.33. The third-order valence-corrected chi connectivity index (χ3v) is 4.61. The maximum absolute atomic E-state index is 12.7. The van der Waals surface area contributed by atoms with Crippen LogP contribution in [0.25, 0.3) is 18.3 Å². The minimum absolute atomic E-state index is 0.0439. The lowest BCUT2D eigenvalue weighted by Gasteiger charge is -2.00. The average Bonchev–Trinajstić information content (AvgIpc) is 2.85. The molecule has 3 rings (SSSR count). The number of nitro groups is 1. The smallest absolute Gasteiger partial charge is 0.288 e. The standard InChI is InChI=1S/C17H11ClIN3O3/c1-10-14(8-11-2-7-15(18)16(9-11)22(24)25)17(23)21(20-10)13-5-3-12(19)4-6-13/h2-9,20H,1H2/b14-8-. The van der Waals surface area contributed by atoms with Gasteiger partial charge in [0.2, 0.25) is 0 Å². The van der Waals surface area contributed by atoms with Crippen LogP contribution in [0.2, 0.25) is 5.02 Å². The molecule has 1 aromatic heterocycles. The first-order valence-corrected chi connectivity index (χ1v) is 8.54. The van der Waals surface area contributed by atoms with Crippen molar-refractivity contribution in [1.29, 1.82) is 0 Å². The number of hydrogen-bond donors (Lipinski definition) is 1. The molecular formula is C17H11ClIN3O3. The summed E-state index contributed by atoms with van der Waals surface area (Å²) in [6.07, 6.45) is 1.55. The van der Waals surface area contributed by atoms with Crippen molar-refractivity contribution in [3.8, 4) is 5.69 Å². The summed E-state index contributed by atoms with van der Waals surface area (Å²) in [5.74, 6) is 0. The fourth-order valence-electron chi connectivity index (χ4n) is 2.34. The van der Waals surface area contributed by atoms with Gasteiger partial charge in [-0.05, 0) is 64.6 Å². The van der Waals surface area contributed by atoms with Gasteiger partial charge in [-0.25, -0.2) is 4.68 Å². The number of nitrogens with zero attached hydrogens (tertiary/aromatic N) is 2. The third-order valence-electron chi connectivity index (χ3n) is 3.57. The van der Waals surface area contributed by atoms with Crippen molar-refractivity contribution in [2.24, 2.45) is 0 Å². The predicted molar refractivity (Wildman–Crippen MR) is 106 cm³/mol. The number of aromatic nitrogens is 2. The van der Waals surface area contributed by atoms with Gasteiger partial charge in [0, 0.05) is 9.64 Å². The van der Waals surface area contributed by atoms with E-state index in [1.165, 1.54) is 16.8 Å². The third kappa shape index (κ3) is 3.52. The van der Waals surface area contributed by atoms with E-state index in [0.717, 1.165) is 3.57 Å². The van der Waals surface area contributed by atoms with E-state index in [2.05, 4.69) is 34.3 Å². The van der Waals surface area contributed by atoms with Gasteiger partial charge in [-0.2, -0.15) is 0 Å². The molecule has 0 saturated heterocycles. The van der Waals surface area contributed by atoms with Gasteiger partial charge in [-0.15, -0.1) is 0 Å². The van der Waals surface area contributed by atoms with Crippen LogP contribution >= 0.6 is 34.2 Å². The highest BCUT2D eigenvalue weighted by atomic mass is 127. The Hall–Kier alpha value is -2.39. The number of aromatic amines is 1. The van der Waals surface area contributed by atoms with Crippen molar-refractivity contribution in [1.82, 2.24) is 9.78 Å². The van der Waals surface area contributed by atoms with E-state index >= 15 is 0 Å². The van der Waals surface area contributed by atoms with Crippen LogP contribution in [0.15, 0.2) is 47.3 Å². The summed E-state index contributed by atoms with van der Waals surface area (Å²) in [6, 6.07) is 11.8. The first-order valence-electron chi connectivity index (χ1n) is 7.08. The molecule has 0 radical (unpaired) electrons. The van der Waals surface area contributed by atoms with Gasteiger partial charge >= 0.3 is 0 Å². The van der Waals surface area contributed by atoms with E-state index < -0.39 is 4.92 Å². The summed E-state index contributed by atoms with van der Waals surface area (Å²) in [4.78, 5) is 23.1. The van der Waals surface area contributed by atoms with Crippen molar-refractivity contribution in [3.05, 3.63) is 87.7 Å². The molecule has 25 heavy (non-hydrogen) atoms. The normalized spacial score (nSPS) is 11.7. The van der Waals surface area contributed by atoms with Crippen molar-refractivity contribution in [2.75, 3.05) is 0 Å². The highest BCUT2D eigenvalue weighted by Gasteiger charge is 2.12. The molecule has 0 bridgehead atoms. The second-order valence-corrected chi connectivity index (χ2v) is 6.89. The molecule has 3 aromatic rings. The van der Waals surface area contributed by atoms with Gasteiger partial charge in [0.15, 0.2) is 0 Å². The van der Waals surface area contributed by atoms with Crippen LogP contribution in [0, 0.1) is 13.7 Å². The van der Waals surface area contributed by atoms with E-state index in [1.807, 2.05) is 24.3 Å². The summed E-state index contributed by atoms with van der Waals surface area (Å²) in [5, 5.41) is 14.7. The molecule has 2 aromatic carbocycles. The van der Waals surface area contributed by atoms with Crippen LogP contribution < -0.4 is 16.1 Å². The Bertz CT molecular complexity index is 1130. The van der Waals surface area contributed by atoms with Gasteiger partial charge in [-0.1, -0.05) is 24.2 Å². The molecule has 0 spiro atoms. The van der Waals surface area contributed by atoms with Gasteiger partial charge < -0.3 is 0 Å². The minimum atomic E-state index is -0.564. The zero-order valence-corrected chi connectivity index (χ0v) is 15.6. The highest BCUT2D eigenvalue weighted by molar-refractivity contribution is 14.1. The minimum Gasteiger partial charge on any atom is -0.291 e. The first kappa shape index (κ1) is 17.4. The summed E-state index contributed by atoms with van der Waals surface area (Å²) in [5.41, 5.74) is 0.669. The Morgan fingerprint density at radius 1 is 1.24 bits per heavy atom. The molecular weight excluding hydrogens is 457 g/mol. The average molecular weight is 468 g/mol. The number of H-pyrrole nitrogens is 1. The molecule has 0 fully saturated rings. The molecule has 6 nitrogen and oxygen atoms in total. The van der Waals surface area contributed by atoms with Gasteiger partial charge in [0.25, 0.3) is 11.2 Å². The zero-order chi connectivity index (χ0) is 18.1. The number of rotatable bonds is 3. The van der Waals surface area contributed by atoms with Gasteiger partial charge in [-0.3, -0.25) is 20.0 Å². The van der Waals surface area contributed by atoms with E-state index in [0.29, 0.717) is 21.8 Å². The topological polar surface area (TPSA) is 80.9 Å². The van der Waals surface area contributed by atoms with E-state index in [4.69, 9.17) is 11.6 Å². The Balaban J connectivity index is 2.16. The summed E-state index contributed by atoms with van der Waals surface area (Å²) in [7, 11) is 0. The number of benzene rings is 2. The van der Waals surface area contributed by atoms with Crippen molar-refractivity contribution < 1.29 is 4.92 Å². The lowest BCUT2D eigenvalue weighted by molar-refractivity contribution is -0.384. The second-order valence-electron chi connectivity index (χ2n) is 5.23. The van der Waals surface area contributed by atoms with Crippen LogP contribution in [0.4, 0.5) is 5.69 Å². The van der Waals surface area contributed by atoms with Crippen LogP contribution in [0.1, 0.15) is 5.56 Å². The SMILES string of the molecule is C=c1[nH]n(-c2ccc(I)cc2)c(=O)/c1=C\c1ccc(Cl)c([N+](=O)[O-])c1. The van der Waals surface area contributed by atoms with Crippen LogP contribution in [-0.2, 0) is 0 Å². The summed E-state index contributed by atoms with van der Waals surface area (Å²) >= 11 is 7.99. The first-order chi connectivity index (χ1) is 11.9. The van der Waals surface area contributed by atoms with E-state index in [-0.39, 0.29) is 16.3 Å². The second kappa shape index (κ2) is 6.85. The molecule has 126 valence electrons. The number of hydrogen-bond acceptors (Lipinski definition) is 3. The van der Waals surface area contributed by atoms with Crippen LogP contribution in [0.5, 0.6) is 0 Å². The lowest BCUT2D eigenvalue weighted by atomic mass is 10.1. The highest BCUT2D eigenvalue weighted by Crippen LogP contribution is 2.25. The van der Waals surface area contributed by atoms with E-state index in [1.54, 1.807) is 12.1 Å². The predicted octanol–water partition coefficient (Wildman–Crippen LogP) is 2.57. The Morgan fingerprint density at radius 3 is 2.56 bits per heavy atom. The molecule has 0 saturated carbocycles. The molecule has 0 amide bonds. The van der Waals surface area contributed by atoms with Crippen LogP contribution in [-0.4, -0.2) is 14.7 Å². The van der Waals surface area contributed by atoms with Crippen molar-refractivity contribution in [2.45, 2.75) is 0 Å². The maximum Gasteiger partial charge on any atom is 0.288 e. The molecule has 0 atom stereocenters. The van der Waals surface area contributed by atoms with Gasteiger partial charge in [0.1, 0.15) is 5.02 Å². The number of nitrogens with one attached hydrogen (secondary N) is 1. The number of nitro benzene ring substituents is 1. The summed E-state index contributed by atoms with van der Waals surface area (Å²) < 4.78 is 2.44. The molecule has 0 aliphatic heterocycles. The van der Waals surface area contributed by atoms with Crippen molar-refractivity contribution in [3.63, 3.8) is 0 Å². The molecule has 0 unspecified atom stereocenters. The summed E-state index contributed by atoms with van der Waals surface area (Å²) in [6.45, 7) is 3.85. The Kier molecular flexibility index (Phi) is 4.78.